The third kappa shape index (κ3) is 6.79. The average Bonchev–Trinajstić information content (AvgIpc) is 3.48. The average molecular weight is 519 g/mol. The highest BCUT2D eigenvalue weighted by atomic mass is 35.5. The molecule has 2 heterocycles. The number of alkyl halides is 3. The molecule has 1 saturated heterocycles. The first-order valence-corrected chi connectivity index (χ1v) is 11.4. The van der Waals surface area contributed by atoms with Gasteiger partial charge in [-0.2, -0.15) is 13.2 Å². The molecule has 1 fully saturated rings. The van der Waals surface area contributed by atoms with E-state index in [1.807, 2.05) is 0 Å². The molecule has 3 N–H and O–H groups in total. The molecule has 7 nitrogen and oxygen atoms in total. The Morgan fingerprint density at radius 3 is 2.83 bits per heavy atom. The van der Waals surface area contributed by atoms with E-state index in [1.165, 1.54) is 6.07 Å². The number of aliphatic hydroxyl groups is 1. The van der Waals surface area contributed by atoms with Gasteiger partial charge in [0.05, 0.1) is 18.0 Å². The Balaban J connectivity index is 1.54. The van der Waals surface area contributed by atoms with Gasteiger partial charge in [-0.3, -0.25) is 9.69 Å². The van der Waals surface area contributed by atoms with Crippen molar-refractivity contribution < 1.29 is 27.8 Å². The lowest BCUT2D eigenvalue weighted by molar-refractivity contribution is -0.140. The van der Waals surface area contributed by atoms with Gasteiger partial charge in [0.25, 0.3) is 0 Å². The van der Waals surface area contributed by atoms with E-state index in [0.29, 0.717) is 47.6 Å². The zero-order valence-electron chi connectivity index (χ0n) is 18.9. The Labute approximate surface area is 210 Å². The maximum atomic E-state index is 13.0. The fourth-order valence-corrected chi connectivity index (χ4v) is 3.85. The van der Waals surface area contributed by atoms with Crippen LogP contribution in [0.2, 0.25) is 5.02 Å². The smallest absolute Gasteiger partial charge is 0.432 e. The topological polar surface area (TPSA) is 90.5 Å². The lowest BCUT2D eigenvalue weighted by Crippen LogP contribution is -2.27. The molecule has 1 aromatic heterocycles. The van der Waals surface area contributed by atoms with Gasteiger partial charge in [-0.1, -0.05) is 23.6 Å². The number of aromatic amines is 1. The number of rotatable bonds is 6. The van der Waals surface area contributed by atoms with Gasteiger partial charge < -0.3 is 20.1 Å². The molecular formula is C25H22ClF3N4O3. The van der Waals surface area contributed by atoms with E-state index in [9.17, 15) is 23.1 Å². The van der Waals surface area contributed by atoms with Crippen LogP contribution in [-0.4, -0.2) is 58.2 Å². The van der Waals surface area contributed by atoms with Crippen LogP contribution in [0.5, 0.6) is 5.75 Å². The van der Waals surface area contributed by atoms with Crippen LogP contribution in [0.1, 0.15) is 17.7 Å². The number of likely N-dealkylation sites (tertiary alicyclic amines) is 1. The molecule has 1 amide bonds. The number of H-pyrrole nitrogens is 1. The number of benzene rings is 2. The highest BCUT2D eigenvalue weighted by Gasteiger charge is 2.33. The van der Waals surface area contributed by atoms with Crippen molar-refractivity contribution >= 4 is 23.2 Å². The van der Waals surface area contributed by atoms with Crippen molar-refractivity contribution in [3.05, 3.63) is 64.9 Å². The van der Waals surface area contributed by atoms with Crippen LogP contribution >= 0.6 is 11.6 Å². The highest BCUT2D eigenvalue weighted by Crippen LogP contribution is 2.33. The third-order valence-corrected chi connectivity index (χ3v) is 5.68. The molecule has 11 heteroatoms. The minimum Gasteiger partial charge on any atom is -0.490 e. The number of β-amino-alcohol motifs (C(OH)–C–C–N with tert-alkyl or cyclic N) is 1. The van der Waals surface area contributed by atoms with E-state index in [4.69, 9.17) is 16.3 Å². The first-order chi connectivity index (χ1) is 17.2. The summed E-state index contributed by atoms with van der Waals surface area (Å²) in [4.78, 5) is 20.6. The fraction of sp³-hybridized carbons (Fsp3) is 0.280. The van der Waals surface area contributed by atoms with Crippen molar-refractivity contribution in [2.24, 2.45) is 0 Å². The van der Waals surface area contributed by atoms with Gasteiger partial charge in [-0.25, -0.2) is 4.98 Å². The number of hydrogen-bond acceptors (Lipinski definition) is 5. The minimum absolute atomic E-state index is 0.0135. The number of carbonyl (C=O) groups excluding carboxylic acids is 1. The maximum absolute atomic E-state index is 13.0. The van der Waals surface area contributed by atoms with Gasteiger partial charge in [0.2, 0.25) is 0 Å². The van der Waals surface area contributed by atoms with Crippen LogP contribution < -0.4 is 10.1 Å². The lowest BCUT2D eigenvalue weighted by atomic mass is 10.1. The number of imidazole rings is 1. The predicted molar refractivity (Wildman–Crippen MR) is 129 cm³/mol. The van der Waals surface area contributed by atoms with Gasteiger partial charge >= 0.3 is 12.1 Å². The molecule has 0 saturated carbocycles. The highest BCUT2D eigenvalue weighted by molar-refractivity contribution is 6.30. The summed E-state index contributed by atoms with van der Waals surface area (Å²) < 4.78 is 44.8. The largest absolute Gasteiger partial charge is 0.490 e. The molecule has 3 aromatic rings. The number of nitrogens with one attached hydrogen (secondary N) is 2. The van der Waals surface area contributed by atoms with Gasteiger partial charge in [0.15, 0.2) is 0 Å². The molecule has 1 aliphatic rings. The van der Waals surface area contributed by atoms with Crippen LogP contribution in [0.25, 0.3) is 11.4 Å². The molecule has 4 rings (SSSR count). The quantitative estimate of drug-likeness (QED) is 0.426. The minimum atomic E-state index is -4.57. The summed E-state index contributed by atoms with van der Waals surface area (Å²) in [5, 5.41) is 12.8. The Bertz CT molecular complexity index is 1300. The Morgan fingerprint density at radius 1 is 1.31 bits per heavy atom. The van der Waals surface area contributed by atoms with Crippen LogP contribution in [0.3, 0.4) is 0 Å². The number of nitrogens with zero attached hydrogens (tertiary/aromatic N) is 2. The summed E-state index contributed by atoms with van der Waals surface area (Å²) in [5.41, 5.74) is 0.109. The SMILES string of the molecule is O=C(C#Cc1cccc(Cl)c1)Nc1cc(-c2ncc(C(F)(F)F)[nH]2)ccc1OCCN1CCC(O)C1. The van der Waals surface area contributed by atoms with Crippen molar-refractivity contribution in [1.29, 1.82) is 0 Å². The number of amides is 1. The Hall–Kier alpha value is -3.52. The predicted octanol–water partition coefficient (Wildman–Crippen LogP) is 4.18. The monoisotopic (exact) mass is 518 g/mol. The number of carbonyl (C=O) groups is 1. The summed E-state index contributed by atoms with van der Waals surface area (Å²) >= 11 is 5.94. The number of aromatic nitrogens is 2. The molecule has 2 aromatic carbocycles. The van der Waals surface area contributed by atoms with Gasteiger partial charge in [-0.05, 0) is 42.8 Å². The van der Waals surface area contributed by atoms with E-state index in [-0.39, 0.29) is 24.2 Å². The van der Waals surface area contributed by atoms with E-state index >= 15 is 0 Å². The molecule has 0 spiro atoms. The van der Waals surface area contributed by atoms with Crippen LogP contribution in [0, 0.1) is 11.8 Å². The van der Waals surface area contributed by atoms with E-state index < -0.39 is 17.8 Å². The standard InChI is InChI=1S/C25H22ClF3N4O3/c26-18-3-1-2-16(12-18)4-7-23(35)31-20-13-17(24-30-14-22(32-24)25(27,28)29)5-6-21(20)36-11-10-33-9-8-19(34)15-33/h1-3,5-6,12-14,19,34H,8-11,15H2,(H,30,32)(H,31,35). The van der Waals surface area contributed by atoms with Crippen LogP contribution in [0.4, 0.5) is 18.9 Å². The number of hydrogen-bond donors (Lipinski definition) is 3. The maximum Gasteiger partial charge on any atom is 0.432 e. The number of anilines is 1. The fourth-order valence-electron chi connectivity index (χ4n) is 3.66. The molecular weight excluding hydrogens is 497 g/mol. The van der Waals surface area contributed by atoms with Gasteiger partial charge in [0.1, 0.15) is 23.9 Å². The molecule has 188 valence electrons. The summed E-state index contributed by atoms with van der Waals surface area (Å²) in [6, 6.07) is 11.3. The molecule has 1 aliphatic heterocycles. The van der Waals surface area contributed by atoms with Crippen LogP contribution in [-0.2, 0) is 11.0 Å². The number of ether oxygens (including phenoxy) is 1. The van der Waals surface area contributed by atoms with E-state index in [0.717, 1.165) is 6.54 Å². The Morgan fingerprint density at radius 2 is 2.14 bits per heavy atom. The molecule has 0 aliphatic carbocycles. The first-order valence-electron chi connectivity index (χ1n) is 11.1. The second kappa shape index (κ2) is 11.0. The molecule has 1 atom stereocenters. The summed E-state index contributed by atoms with van der Waals surface area (Å²) in [7, 11) is 0. The van der Waals surface area contributed by atoms with E-state index in [2.05, 4.69) is 32.0 Å². The summed E-state index contributed by atoms with van der Waals surface area (Å²) in [6.45, 7) is 2.16. The zero-order chi connectivity index (χ0) is 25.7. The van der Waals surface area contributed by atoms with Crippen LogP contribution in [0.15, 0.2) is 48.7 Å². The summed E-state index contributed by atoms with van der Waals surface area (Å²) in [5.74, 6) is 4.84. The van der Waals surface area contributed by atoms with Crippen molar-refractivity contribution in [3.63, 3.8) is 0 Å². The normalized spacial score (nSPS) is 15.9. The summed E-state index contributed by atoms with van der Waals surface area (Å²) in [6.07, 6.45) is -3.51. The first kappa shape index (κ1) is 25.6. The third-order valence-electron chi connectivity index (χ3n) is 5.44. The number of halogens is 4. The number of aliphatic hydroxyl groups excluding tert-OH is 1. The Kier molecular flexibility index (Phi) is 7.84. The van der Waals surface area contributed by atoms with Gasteiger partial charge in [-0.15, -0.1) is 0 Å². The second-order valence-electron chi connectivity index (χ2n) is 8.16. The van der Waals surface area contributed by atoms with Crippen molar-refractivity contribution in [1.82, 2.24) is 14.9 Å². The zero-order valence-corrected chi connectivity index (χ0v) is 19.7. The molecule has 0 bridgehead atoms. The van der Waals surface area contributed by atoms with Crippen molar-refractivity contribution in [3.8, 4) is 29.0 Å². The molecule has 0 radical (unpaired) electrons. The van der Waals surface area contributed by atoms with Crippen molar-refractivity contribution in [2.75, 3.05) is 31.6 Å². The van der Waals surface area contributed by atoms with Gasteiger partial charge in [0, 0.05) is 41.7 Å². The van der Waals surface area contributed by atoms with E-state index in [1.54, 1.807) is 36.4 Å². The molecule has 1 unspecified atom stereocenters. The lowest BCUT2D eigenvalue weighted by Gasteiger charge is -2.17. The molecule has 36 heavy (non-hydrogen) atoms. The second-order valence-corrected chi connectivity index (χ2v) is 8.60. The van der Waals surface area contributed by atoms with Crippen molar-refractivity contribution in [2.45, 2.75) is 18.7 Å².